The zero-order valence-electron chi connectivity index (χ0n) is 17.8. The first-order valence-electron chi connectivity index (χ1n) is 11.0. The zero-order chi connectivity index (χ0) is 21.8. The molecule has 1 amide bonds. The summed E-state index contributed by atoms with van der Waals surface area (Å²) in [5.74, 6) is 0.624. The van der Waals surface area contributed by atoms with Gasteiger partial charge in [-0.3, -0.25) is 19.8 Å². The number of rotatable bonds is 6. The Hall–Kier alpha value is -2.52. The predicted octanol–water partition coefficient (Wildman–Crippen LogP) is 4.14. The average molecular weight is 444 g/mol. The van der Waals surface area contributed by atoms with E-state index in [1.807, 2.05) is 16.3 Å². The third-order valence-corrected chi connectivity index (χ3v) is 7.00. The van der Waals surface area contributed by atoms with Gasteiger partial charge in [0.15, 0.2) is 5.13 Å². The molecule has 0 spiro atoms. The van der Waals surface area contributed by atoms with Crippen molar-refractivity contribution in [2.75, 3.05) is 36.4 Å². The summed E-state index contributed by atoms with van der Waals surface area (Å²) in [7, 11) is 0. The molecule has 3 heterocycles. The minimum Gasteiger partial charge on any atom is -0.366 e. The number of likely N-dealkylation sites (tertiary alicyclic amines) is 1. The van der Waals surface area contributed by atoms with Gasteiger partial charge in [-0.15, -0.1) is 11.3 Å². The van der Waals surface area contributed by atoms with Crippen molar-refractivity contribution in [1.82, 2.24) is 9.88 Å². The van der Waals surface area contributed by atoms with E-state index < -0.39 is 0 Å². The molecule has 4 rings (SSSR count). The maximum atomic E-state index is 12.7. The van der Waals surface area contributed by atoms with Crippen LogP contribution in [0.25, 0.3) is 0 Å². The summed E-state index contributed by atoms with van der Waals surface area (Å²) < 4.78 is 0. The largest absolute Gasteiger partial charge is 0.366 e. The van der Waals surface area contributed by atoms with Gasteiger partial charge in [-0.2, -0.15) is 0 Å². The molecular weight excluding hydrogens is 414 g/mol. The van der Waals surface area contributed by atoms with Crippen LogP contribution in [0.15, 0.2) is 29.6 Å². The van der Waals surface area contributed by atoms with E-state index in [0.29, 0.717) is 36.8 Å². The Balaban J connectivity index is 1.29. The van der Waals surface area contributed by atoms with Crippen LogP contribution in [0.4, 0.5) is 16.5 Å². The minimum absolute atomic E-state index is 0.00490. The summed E-state index contributed by atoms with van der Waals surface area (Å²) in [6.45, 7) is 6.60. The number of piperidine rings is 2. The predicted molar refractivity (Wildman–Crippen MR) is 122 cm³/mol. The molecule has 2 aliphatic rings. The smallest absolute Gasteiger partial charge is 0.292 e. The maximum Gasteiger partial charge on any atom is 0.292 e. The fourth-order valence-electron chi connectivity index (χ4n) is 4.57. The highest BCUT2D eigenvalue weighted by Gasteiger charge is 2.28. The molecule has 31 heavy (non-hydrogen) atoms. The molecule has 1 N–H and O–H groups in total. The number of nitro groups is 1. The first-order chi connectivity index (χ1) is 15.0. The van der Waals surface area contributed by atoms with E-state index in [1.54, 1.807) is 12.1 Å². The lowest BCUT2D eigenvalue weighted by molar-refractivity contribution is -0.384. The van der Waals surface area contributed by atoms with Crippen molar-refractivity contribution in [3.05, 3.63) is 45.5 Å². The molecule has 1 aromatic carbocycles. The van der Waals surface area contributed by atoms with Crippen molar-refractivity contribution in [2.45, 2.75) is 39.2 Å². The van der Waals surface area contributed by atoms with Gasteiger partial charge < -0.3 is 10.2 Å². The van der Waals surface area contributed by atoms with Gasteiger partial charge in [0.2, 0.25) is 5.91 Å². The second-order valence-corrected chi connectivity index (χ2v) is 9.48. The lowest BCUT2D eigenvalue weighted by atomic mass is 9.95. The van der Waals surface area contributed by atoms with E-state index in [0.717, 1.165) is 31.2 Å². The van der Waals surface area contributed by atoms with Crippen LogP contribution in [-0.4, -0.2) is 46.9 Å². The summed E-state index contributed by atoms with van der Waals surface area (Å²) in [5.41, 5.74) is 1.76. The summed E-state index contributed by atoms with van der Waals surface area (Å²) in [5, 5.41) is 17.0. The van der Waals surface area contributed by atoms with Gasteiger partial charge in [0.1, 0.15) is 5.69 Å². The summed E-state index contributed by atoms with van der Waals surface area (Å²) in [6, 6.07) is 6.79. The quantitative estimate of drug-likeness (QED) is 0.533. The molecule has 166 valence electrons. The molecule has 0 saturated carbocycles. The van der Waals surface area contributed by atoms with Gasteiger partial charge >= 0.3 is 0 Å². The Labute approximate surface area is 186 Å². The number of nitro benzene ring substituents is 1. The molecule has 0 aliphatic carbocycles. The minimum atomic E-state index is -0.348. The Morgan fingerprint density at radius 1 is 1.26 bits per heavy atom. The number of anilines is 2. The molecular formula is C22H29N5O3S. The average Bonchev–Trinajstić information content (AvgIpc) is 3.20. The first-order valence-corrected chi connectivity index (χ1v) is 11.8. The number of hydrogen-bond acceptors (Lipinski definition) is 7. The van der Waals surface area contributed by atoms with Crippen LogP contribution in [0, 0.1) is 22.0 Å². The number of nitrogens with one attached hydrogen (secondary N) is 1. The molecule has 1 atom stereocenters. The van der Waals surface area contributed by atoms with Crippen LogP contribution in [0.5, 0.6) is 0 Å². The Bertz CT molecular complexity index is 925. The SMILES string of the molecule is C[C@@H]1CCCN(Cc2csc(NC(=O)C3CCN(c4ccccc4[N+](=O)[O-])CC3)n2)C1. The van der Waals surface area contributed by atoms with Crippen LogP contribution in [0.3, 0.4) is 0 Å². The van der Waals surface area contributed by atoms with E-state index in [1.165, 1.54) is 30.2 Å². The van der Waals surface area contributed by atoms with Crippen molar-refractivity contribution >= 4 is 33.8 Å². The number of nitrogens with zero attached hydrogens (tertiary/aromatic N) is 4. The number of para-hydroxylation sites is 2. The normalized spacial score (nSPS) is 20.5. The highest BCUT2D eigenvalue weighted by molar-refractivity contribution is 7.13. The van der Waals surface area contributed by atoms with E-state index in [4.69, 9.17) is 0 Å². The fourth-order valence-corrected chi connectivity index (χ4v) is 5.28. The highest BCUT2D eigenvalue weighted by atomic mass is 32.1. The van der Waals surface area contributed by atoms with Gasteiger partial charge in [-0.1, -0.05) is 19.1 Å². The molecule has 0 bridgehead atoms. The number of thiazole rings is 1. The molecule has 2 aliphatic heterocycles. The van der Waals surface area contributed by atoms with Gasteiger partial charge in [-0.05, 0) is 44.2 Å². The number of aromatic nitrogens is 1. The number of amides is 1. The van der Waals surface area contributed by atoms with Crippen LogP contribution >= 0.6 is 11.3 Å². The number of carbonyl (C=O) groups is 1. The number of benzene rings is 1. The topological polar surface area (TPSA) is 91.6 Å². The molecule has 1 aromatic heterocycles. The highest BCUT2D eigenvalue weighted by Crippen LogP contribution is 2.31. The molecule has 2 fully saturated rings. The number of carbonyl (C=O) groups excluding carboxylic acids is 1. The van der Waals surface area contributed by atoms with E-state index >= 15 is 0 Å². The lowest BCUT2D eigenvalue weighted by Crippen LogP contribution is -2.38. The Kier molecular flexibility index (Phi) is 6.82. The summed E-state index contributed by atoms with van der Waals surface area (Å²) >= 11 is 1.48. The summed E-state index contributed by atoms with van der Waals surface area (Å²) in [6.07, 6.45) is 3.87. The molecule has 9 heteroatoms. The third-order valence-electron chi connectivity index (χ3n) is 6.19. The third kappa shape index (κ3) is 5.40. The van der Waals surface area contributed by atoms with Gasteiger partial charge in [0.05, 0.1) is 10.6 Å². The van der Waals surface area contributed by atoms with Crippen LogP contribution in [0.1, 0.15) is 38.3 Å². The maximum absolute atomic E-state index is 12.7. The molecule has 2 aromatic rings. The van der Waals surface area contributed by atoms with E-state index in [2.05, 4.69) is 22.1 Å². The Morgan fingerprint density at radius 3 is 2.77 bits per heavy atom. The van der Waals surface area contributed by atoms with Crippen molar-refractivity contribution in [3.63, 3.8) is 0 Å². The molecule has 0 radical (unpaired) electrons. The van der Waals surface area contributed by atoms with Crippen LogP contribution in [-0.2, 0) is 11.3 Å². The second kappa shape index (κ2) is 9.74. The lowest BCUT2D eigenvalue weighted by Gasteiger charge is -2.32. The van der Waals surface area contributed by atoms with Crippen molar-refractivity contribution in [3.8, 4) is 0 Å². The molecule has 0 unspecified atom stereocenters. The molecule has 8 nitrogen and oxygen atoms in total. The second-order valence-electron chi connectivity index (χ2n) is 8.62. The fraction of sp³-hybridized carbons (Fsp3) is 0.545. The monoisotopic (exact) mass is 443 g/mol. The summed E-state index contributed by atoms with van der Waals surface area (Å²) in [4.78, 5) is 32.7. The van der Waals surface area contributed by atoms with Gasteiger partial charge in [0, 0.05) is 43.5 Å². The van der Waals surface area contributed by atoms with Gasteiger partial charge in [-0.25, -0.2) is 4.98 Å². The van der Waals surface area contributed by atoms with Crippen molar-refractivity contribution < 1.29 is 9.72 Å². The molecule has 2 saturated heterocycles. The van der Waals surface area contributed by atoms with E-state index in [9.17, 15) is 14.9 Å². The van der Waals surface area contributed by atoms with E-state index in [-0.39, 0.29) is 22.4 Å². The van der Waals surface area contributed by atoms with Crippen molar-refractivity contribution in [1.29, 1.82) is 0 Å². The van der Waals surface area contributed by atoms with Crippen LogP contribution < -0.4 is 10.2 Å². The first kappa shape index (κ1) is 21.7. The zero-order valence-corrected chi connectivity index (χ0v) is 18.6. The van der Waals surface area contributed by atoms with Crippen LogP contribution in [0.2, 0.25) is 0 Å². The standard InChI is InChI=1S/C22H29N5O3S/c1-16-5-4-10-25(13-16)14-18-15-31-22(23-18)24-21(28)17-8-11-26(12-9-17)19-6-2-3-7-20(19)27(29)30/h2-3,6-7,15-17H,4-5,8-14H2,1H3,(H,23,24,28)/t16-/m1/s1. The Morgan fingerprint density at radius 2 is 2.03 bits per heavy atom. The van der Waals surface area contributed by atoms with Crippen molar-refractivity contribution in [2.24, 2.45) is 11.8 Å². The number of hydrogen-bond donors (Lipinski definition) is 1. The van der Waals surface area contributed by atoms with Gasteiger partial charge in [0.25, 0.3) is 5.69 Å².